The summed E-state index contributed by atoms with van der Waals surface area (Å²) in [5, 5.41) is 69.2. The van der Waals surface area contributed by atoms with Crippen LogP contribution in [0.15, 0.2) is 0 Å². The van der Waals surface area contributed by atoms with Crippen molar-refractivity contribution in [3.63, 3.8) is 0 Å². The first-order chi connectivity index (χ1) is 13.4. The first-order valence-electron chi connectivity index (χ1n) is 9.19. The van der Waals surface area contributed by atoms with Gasteiger partial charge in [0.05, 0.1) is 32.5 Å². The average Bonchev–Trinajstić information content (AvgIpc) is 3.51. The lowest BCUT2D eigenvalue weighted by molar-refractivity contribution is -0.359. The van der Waals surface area contributed by atoms with Crippen molar-refractivity contribution in [3.8, 4) is 0 Å². The van der Waals surface area contributed by atoms with Crippen LogP contribution >= 0.6 is 0 Å². The molecule has 12 heteroatoms. The van der Waals surface area contributed by atoms with Crippen LogP contribution in [0.5, 0.6) is 0 Å². The van der Waals surface area contributed by atoms with Crippen LogP contribution in [0.1, 0.15) is 6.42 Å². The molecule has 3 rings (SSSR count). The molecule has 3 fully saturated rings. The third-order valence-corrected chi connectivity index (χ3v) is 5.08. The van der Waals surface area contributed by atoms with Gasteiger partial charge < -0.3 is 59.4 Å². The van der Waals surface area contributed by atoms with E-state index in [9.17, 15) is 35.7 Å². The number of rotatable bonds is 8. The van der Waals surface area contributed by atoms with Gasteiger partial charge in [-0.05, 0) is 6.42 Å². The van der Waals surface area contributed by atoms with Crippen molar-refractivity contribution in [3.05, 3.63) is 0 Å². The van der Waals surface area contributed by atoms with Crippen molar-refractivity contribution in [1.29, 1.82) is 0 Å². The first kappa shape index (κ1) is 22.2. The van der Waals surface area contributed by atoms with Gasteiger partial charge in [0.15, 0.2) is 12.6 Å². The third kappa shape index (κ3) is 4.80. The number of ether oxygens (including phenoxy) is 5. The highest BCUT2D eigenvalue weighted by Crippen LogP contribution is 2.29. The Morgan fingerprint density at radius 1 is 0.750 bits per heavy atom. The maximum Gasteiger partial charge on any atom is 0.187 e. The van der Waals surface area contributed by atoms with E-state index in [0.29, 0.717) is 13.0 Å². The molecular formula is C16H28O12. The topological polar surface area (TPSA) is 191 Å². The Kier molecular flexibility index (Phi) is 7.58. The highest BCUT2D eigenvalue weighted by atomic mass is 16.7. The predicted molar refractivity (Wildman–Crippen MR) is 86.7 cm³/mol. The van der Waals surface area contributed by atoms with Crippen LogP contribution in [0, 0.1) is 0 Å². The van der Waals surface area contributed by atoms with Crippen LogP contribution in [0.2, 0.25) is 0 Å². The summed E-state index contributed by atoms with van der Waals surface area (Å²) >= 11 is 0. The van der Waals surface area contributed by atoms with Gasteiger partial charge in [-0.1, -0.05) is 0 Å². The van der Waals surface area contributed by atoms with Crippen molar-refractivity contribution in [2.45, 2.75) is 73.9 Å². The van der Waals surface area contributed by atoms with Gasteiger partial charge in [-0.2, -0.15) is 0 Å². The van der Waals surface area contributed by atoms with Crippen LogP contribution in [-0.4, -0.2) is 130 Å². The predicted octanol–water partition coefficient (Wildman–Crippen LogP) is -4.58. The molecule has 12 nitrogen and oxygen atoms in total. The summed E-state index contributed by atoms with van der Waals surface area (Å²) in [7, 11) is 0. The van der Waals surface area contributed by atoms with Crippen molar-refractivity contribution in [1.82, 2.24) is 0 Å². The van der Waals surface area contributed by atoms with Crippen LogP contribution in [-0.2, 0) is 23.7 Å². The molecule has 0 saturated carbocycles. The Balaban J connectivity index is 1.62. The molecule has 1 unspecified atom stereocenters. The first-order valence-corrected chi connectivity index (χ1v) is 9.19. The zero-order chi connectivity index (χ0) is 20.4. The van der Waals surface area contributed by atoms with Crippen LogP contribution in [0.4, 0.5) is 0 Å². The number of epoxide rings is 1. The molecule has 0 spiro atoms. The number of hydrogen-bond acceptors (Lipinski definition) is 12. The summed E-state index contributed by atoms with van der Waals surface area (Å²) in [6.07, 6.45) is -13.8. The minimum Gasteiger partial charge on any atom is -0.394 e. The van der Waals surface area contributed by atoms with E-state index < -0.39 is 74.6 Å². The lowest BCUT2D eigenvalue weighted by Gasteiger charge is -2.45. The zero-order valence-corrected chi connectivity index (χ0v) is 15.1. The number of aliphatic hydroxyl groups excluding tert-OH is 7. The molecule has 0 aromatic rings. The largest absolute Gasteiger partial charge is 0.394 e. The van der Waals surface area contributed by atoms with Gasteiger partial charge in [-0.15, -0.1) is 0 Å². The molecule has 3 aliphatic rings. The summed E-state index contributed by atoms with van der Waals surface area (Å²) in [4.78, 5) is 0. The van der Waals surface area contributed by atoms with E-state index in [1.807, 2.05) is 0 Å². The Hall–Kier alpha value is -0.480. The quantitative estimate of drug-likeness (QED) is 0.189. The van der Waals surface area contributed by atoms with E-state index in [-0.39, 0.29) is 12.7 Å². The van der Waals surface area contributed by atoms with E-state index in [2.05, 4.69) is 0 Å². The normalized spacial score (nSPS) is 49.2. The molecule has 0 aliphatic carbocycles. The zero-order valence-electron chi connectivity index (χ0n) is 15.1. The Labute approximate surface area is 160 Å². The minimum absolute atomic E-state index is 0.113. The fourth-order valence-corrected chi connectivity index (χ4v) is 3.24. The van der Waals surface area contributed by atoms with Gasteiger partial charge in [0.25, 0.3) is 0 Å². The van der Waals surface area contributed by atoms with Gasteiger partial charge in [-0.3, -0.25) is 0 Å². The maximum absolute atomic E-state index is 10.4. The SMILES string of the molecule is OC[C@H]1O[C@@H](O[C@H]2[C@H](O)[C@@H](O)[C@H](OCCC3CO3)O[C@@H]2CO)[C@H](O)[C@@H](O)[C@@H]1O. The molecule has 0 amide bonds. The number of hydrogen-bond donors (Lipinski definition) is 7. The van der Waals surface area contributed by atoms with Crippen molar-refractivity contribution in [2.24, 2.45) is 0 Å². The third-order valence-electron chi connectivity index (χ3n) is 5.08. The molecule has 3 aliphatic heterocycles. The van der Waals surface area contributed by atoms with Gasteiger partial charge in [0.2, 0.25) is 0 Å². The molecule has 3 saturated heterocycles. The summed E-state index contributed by atoms with van der Waals surface area (Å²) in [6.45, 7) is -0.386. The second-order valence-corrected chi connectivity index (χ2v) is 7.12. The molecule has 28 heavy (non-hydrogen) atoms. The van der Waals surface area contributed by atoms with E-state index in [1.54, 1.807) is 0 Å². The smallest absolute Gasteiger partial charge is 0.187 e. The Morgan fingerprint density at radius 3 is 1.96 bits per heavy atom. The van der Waals surface area contributed by atoms with Crippen molar-refractivity contribution < 1.29 is 59.4 Å². The summed E-state index contributed by atoms with van der Waals surface area (Å²) in [5.74, 6) is 0. The lowest BCUT2D eigenvalue weighted by atomic mass is 9.97. The molecular weight excluding hydrogens is 384 g/mol. The molecule has 11 atom stereocenters. The van der Waals surface area contributed by atoms with Gasteiger partial charge in [0.1, 0.15) is 48.8 Å². The molecule has 3 heterocycles. The van der Waals surface area contributed by atoms with E-state index in [4.69, 9.17) is 23.7 Å². The van der Waals surface area contributed by atoms with Gasteiger partial charge >= 0.3 is 0 Å². The standard InChI is InChI=1S/C16H28O12/c17-3-7-9(19)10(20)12(22)16(26-7)28-14-8(4-18)27-15(13(23)11(14)21)24-2-1-6-5-25-6/h6-23H,1-5H2/t6?,7-,8-,9-,10+,11-,12-,13-,14-,15-,16+/m1/s1. The van der Waals surface area contributed by atoms with Crippen molar-refractivity contribution in [2.75, 3.05) is 26.4 Å². The average molecular weight is 412 g/mol. The van der Waals surface area contributed by atoms with Crippen molar-refractivity contribution >= 4 is 0 Å². The van der Waals surface area contributed by atoms with E-state index >= 15 is 0 Å². The fourth-order valence-electron chi connectivity index (χ4n) is 3.24. The minimum atomic E-state index is -1.70. The van der Waals surface area contributed by atoms with E-state index in [0.717, 1.165) is 0 Å². The molecule has 0 aromatic carbocycles. The van der Waals surface area contributed by atoms with Gasteiger partial charge in [0, 0.05) is 0 Å². The lowest BCUT2D eigenvalue weighted by Crippen LogP contribution is -2.64. The molecule has 164 valence electrons. The summed E-state index contributed by atoms with van der Waals surface area (Å²) < 4.78 is 26.6. The Morgan fingerprint density at radius 2 is 1.36 bits per heavy atom. The summed E-state index contributed by atoms with van der Waals surface area (Å²) in [5.41, 5.74) is 0. The maximum atomic E-state index is 10.4. The highest BCUT2D eigenvalue weighted by molar-refractivity contribution is 4.94. The molecule has 0 bridgehead atoms. The molecule has 0 aromatic heterocycles. The fraction of sp³-hybridized carbons (Fsp3) is 1.00. The van der Waals surface area contributed by atoms with Crippen LogP contribution in [0.25, 0.3) is 0 Å². The summed E-state index contributed by atoms with van der Waals surface area (Å²) in [6, 6.07) is 0. The van der Waals surface area contributed by atoms with Gasteiger partial charge in [-0.25, -0.2) is 0 Å². The molecule has 7 N–H and O–H groups in total. The Bertz CT molecular complexity index is 486. The second kappa shape index (κ2) is 9.55. The van der Waals surface area contributed by atoms with Crippen LogP contribution in [0.3, 0.4) is 0 Å². The highest BCUT2D eigenvalue weighted by Gasteiger charge is 2.50. The monoisotopic (exact) mass is 412 g/mol. The van der Waals surface area contributed by atoms with Crippen LogP contribution < -0.4 is 0 Å². The van der Waals surface area contributed by atoms with E-state index in [1.165, 1.54) is 0 Å². The second-order valence-electron chi connectivity index (χ2n) is 7.12. The molecule has 0 radical (unpaired) electrons. The number of aliphatic hydroxyl groups is 7.